The third-order valence-corrected chi connectivity index (χ3v) is 2.82. The van der Waals surface area contributed by atoms with Gasteiger partial charge in [0.1, 0.15) is 5.75 Å². The summed E-state index contributed by atoms with van der Waals surface area (Å²) in [6.45, 7) is 0. The number of benzene rings is 1. The second-order valence-corrected chi connectivity index (χ2v) is 3.87. The number of aryl methyl sites for hydroxylation is 1. The van der Waals surface area contributed by atoms with E-state index in [1.54, 1.807) is 12.1 Å². The molecule has 2 rings (SSSR count). The zero-order valence-corrected chi connectivity index (χ0v) is 8.03. The molecule has 0 aliphatic heterocycles. The van der Waals surface area contributed by atoms with E-state index < -0.39 is 6.10 Å². The van der Waals surface area contributed by atoms with Crippen molar-refractivity contribution >= 4 is 5.69 Å². The Bertz CT molecular complexity index is 349. The van der Waals surface area contributed by atoms with E-state index in [0.717, 1.165) is 36.8 Å². The Morgan fingerprint density at radius 2 is 2.07 bits per heavy atom. The summed E-state index contributed by atoms with van der Waals surface area (Å²) in [7, 11) is 0. The molecule has 0 saturated carbocycles. The highest BCUT2D eigenvalue weighted by Crippen LogP contribution is 2.34. The highest BCUT2D eigenvalue weighted by Gasteiger charge is 2.17. The van der Waals surface area contributed by atoms with E-state index >= 15 is 0 Å². The quantitative estimate of drug-likeness (QED) is 0.334. The van der Waals surface area contributed by atoms with Crippen molar-refractivity contribution in [2.75, 3.05) is 5.73 Å². The molecule has 0 aromatic heterocycles. The molecular weight excluding hydrogens is 178 g/mol. The predicted octanol–water partition coefficient (Wildman–Crippen LogP) is 1.73. The highest BCUT2D eigenvalue weighted by atomic mass is 16.3. The molecule has 76 valence electrons. The van der Waals surface area contributed by atoms with Crippen LogP contribution in [0, 0.1) is 0 Å². The summed E-state index contributed by atoms with van der Waals surface area (Å²) in [5, 5.41) is 19.3. The average molecular weight is 193 g/mol. The Morgan fingerprint density at radius 1 is 1.29 bits per heavy atom. The average Bonchev–Trinajstić information content (AvgIpc) is 2.31. The van der Waals surface area contributed by atoms with Crippen LogP contribution in [0.4, 0.5) is 5.69 Å². The topological polar surface area (TPSA) is 66.5 Å². The SMILES string of the molecule is Nc1cc2c(cc1O)C(O)CCCC2. The van der Waals surface area contributed by atoms with Gasteiger partial charge >= 0.3 is 0 Å². The monoisotopic (exact) mass is 193 g/mol. The van der Waals surface area contributed by atoms with E-state index in [4.69, 9.17) is 5.73 Å². The number of phenols is 1. The fraction of sp³-hybridized carbons (Fsp3) is 0.455. The molecule has 14 heavy (non-hydrogen) atoms. The van der Waals surface area contributed by atoms with Gasteiger partial charge in [0.05, 0.1) is 11.8 Å². The van der Waals surface area contributed by atoms with Crippen LogP contribution in [0.2, 0.25) is 0 Å². The van der Waals surface area contributed by atoms with Crippen molar-refractivity contribution in [1.29, 1.82) is 0 Å². The lowest BCUT2D eigenvalue weighted by molar-refractivity contribution is 0.166. The van der Waals surface area contributed by atoms with E-state index in [2.05, 4.69) is 0 Å². The Balaban J connectivity index is 2.49. The largest absolute Gasteiger partial charge is 0.506 e. The summed E-state index contributed by atoms with van der Waals surface area (Å²) in [6.07, 6.45) is 3.37. The molecule has 4 N–H and O–H groups in total. The molecule has 1 aliphatic rings. The number of phenolic OH excluding ortho intramolecular Hbond substituents is 1. The number of rotatable bonds is 0. The number of aliphatic hydroxyl groups is 1. The Hall–Kier alpha value is -1.22. The van der Waals surface area contributed by atoms with Gasteiger partial charge in [-0.1, -0.05) is 6.42 Å². The summed E-state index contributed by atoms with van der Waals surface area (Å²) in [4.78, 5) is 0. The van der Waals surface area contributed by atoms with Gasteiger partial charge < -0.3 is 15.9 Å². The van der Waals surface area contributed by atoms with Crippen LogP contribution < -0.4 is 5.73 Å². The van der Waals surface area contributed by atoms with Gasteiger partial charge in [0.15, 0.2) is 0 Å². The van der Waals surface area contributed by atoms with E-state index in [9.17, 15) is 10.2 Å². The molecule has 0 spiro atoms. The zero-order chi connectivity index (χ0) is 10.1. The molecule has 1 atom stereocenters. The van der Waals surface area contributed by atoms with Crippen LogP contribution in [0.5, 0.6) is 5.75 Å². The van der Waals surface area contributed by atoms with Gasteiger partial charge in [0.2, 0.25) is 0 Å². The van der Waals surface area contributed by atoms with E-state index in [0.29, 0.717) is 5.69 Å². The summed E-state index contributed by atoms with van der Waals surface area (Å²) < 4.78 is 0. The Labute approximate surface area is 83.2 Å². The molecule has 0 amide bonds. The molecule has 1 aliphatic carbocycles. The van der Waals surface area contributed by atoms with Crippen LogP contribution in [-0.2, 0) is 6.42 Å². The number of hydrogen-bond donors (Lipinski definition) is 3. The van der Waals surface area contributed by atoms with Crippen LogP contribution >= 0.6 is 0 Å². The van der Waals surface area contributed by atoms with Gasteiger partial charge in [-0.25, -0.2) is 0 Å². The molecule has 0 saturated heterocycles. The van der Waals surface area contributed by atoms with Crippen molar-refractivity contribution in [1.82, 2.24) is 0 Å². The molecule has 3 nitrogen and oxygen atoms in total. The van der Waals surface area contributed by atoms with Crippen LogP contribution in [0.3, 0.4) is 0 Å². The van der Waals surface area contributed by atoms with Gasteiger partial charge in [-0.15, -0.1) is 0 Å². The number of nitrogens with two attached hydrogens (primary N) is 1. The molecule has 3 heteroatoms. The van der Waals surface area contributed by atoms with Crippen LogP contribution in [0.1, 0.15) is 36.5 Å². The molecular formula is C11H15NO2. The number of aromatic hydroxyl groups is 1. The van der Waals surface area contributed by atoms with E-state index in [1.165, 1.54) is 0 Å². The van der Waals surface area contributed by atoms with Crippen LogP contribution in [0.25, 0.3) is 0 Å². The summed E-state index contributed by atoms with van der Waals surface area (Å²) in [5.41, 5.74) is 7.93. The molecule has 0 fully saturated rings. The van der Waals surface area contributed by atoms with Crippen molar-refractivity contribution < 1.29 is 10.2 Å². The Kier molecular flexibility index (Phi) is 2.33. The predicted molar refractivity (Wildman–Crippen MR) is 55.0 cm³/mol. The molecule has 0 bridgehead atoms. The van der Waals surface area contributed by atoms with Gasteiger partial charge in [-0.3, -0.25) is 0 Å². The summed E-state index contributed by atoms with van der Waals surface area (Å²) in [6, 6.07) is 3.37. The summed E-state index contributed by atoms with van der Waals surface area (Å²) >= 11 is 0. The maximum absolute atomic E-state index is 9.80. The normalized spacial score (nSPS) is 21.4. The smallest absolute Gasteiger partial charge is 0.138 e. The first-order valence-corrected chi connectivity index (χ1v) is 4.98. The highest BCUT2D eigenvalue weighted by molar-refractivity contribution is 5.56. The van der Waals surface area contributed by atoms with Gasteiger partial charge in [-0.05, 0) is 42.5 Å². The molecule has 0 heterocycles. The molecule has 1 unspecified atom stereocenters. The van der Waals surface area contributed by atoms with Gasteiger partial charge in [0.25, 0.3) is 0 Å². The number of nitrogen functional groups attached to an aromatic ring is 1. The van der Waals surface area contributed by atoms with Crippen molar-refractivity contribution in [2.45, 2.75) is 31.8 Å². The molecule has 1 aromatic carbocycles. The van der Waals surface area contributed by atoms with Crippen molar-refractivity contribution in [3.8, 4) is 5.75 Å². The van der Waals surface area contributed by atoms with Crippen LogP contribution in [0.15, 0.2) is 12.1 Å². The zero-order valence-electron chi connectivity index (χ0n) is 8.03. The second kappa shape index (κ2) is 3.50. The standard InChI is InChI=1S/C11H15NO2/c12-9-5-7-3-1-2-4-10(13)8(7)6-11(9)14/h5-6,10,13-14H,1-4,12H2. The van der Waals surface area contributed by atoms with Crippen molar-refractivity contribution in [2.24, 2.45) is 0 Å². The van der Waals surface area contributed by atoms with E-state index in [-0.39, 0.29) is 5.75 Å². The second-order valence-electron chi connectivity index (χ2n) is 3.87. The minimum atomic E-state index is -0.445. The lowest BCUT2D eigenvalue weighted by Crippen LogP contribution is -2.00. The fourth-order valence-corrected chi connectivity index (χ4v) is 2.00. The van der Waals surface area contributed by atoms with E-state index in [1.807, 2.05) is 0 Å². The Morgan fingerprint density at radius 3 is 2.86 bits per heavy atom. The third kappa shape index (κ3) is 1.55. The first-order valence-electron chi connectivity index (χ1n) is 4.98. The van der Waals surface area contributed by atoms with Crippen LogP contribution in [-0.4, -0.2) is 10.2 Å². The minimum absolute atomic E-state index is 0.0738. The van der Waals surface area contributed by atoms with Gasteiger partial charge in [-0.2, -0.15) is 0 Å². The number of anilines is 1. The van der Waals surface area contributed by atoms with Gasteiger partial charge in [0, 0.05) is 0 Å². The number of aliphatic hydroxyl groups excluding tert-OH is 1. The third-order valence-electron chi connectivity index (χ3n) is 2.82. The first-order chi connectivity index (χ1) is 6.68. The first kappa shape index (κ1) is 9.34. The maximum atomic E-state index is 9.80. The minimum Gasteiger partial charge on any atom is -0.506 e. The molecule has 1 aromatic rings. The fourth-order valence-electron chi connectivity index (χ4n) is 2.00. The molecule has 0 radical (unpaired) electrons. The van der Waals surface area contributed by atoms with Crippen molar-refractivity contribution in [3.63, 3.8) is 0 Å². The lowest BCUT2D eigenvalue weighted by Gasteiger charge is -2.13. The lowest BCUT2D eigenvalue weighted by atomic mass is 10.00. The number of fused-ring (bicyclic) bond motifs is 1. The van der Waals surface area contributed by atoms with Crippen molar-refractivity contribution in [3.05, 3.63) is 23.3 Å². The maximum Gasteiger partial charge on any atom is 0.138 e. The number of hydrogen-bond acceptors (Lipinski definition) is 3. The summed E-state index contributed by atoms with van der Waals surface area (Å²) in [5.74, 6) is 0.0738.